The van der Waals surface area contributed by atoms with Crippen LogP contribution in [0, 0.1) is 5.82 Å². The third kappa shape index (κ3) is 3.41. The number of aromatic nitrogens is 2. The van der Waals surface area contributed by atoms with E-state index in [0.29, 0.717) is 6.54 Å². The maximum atomic E-state index is 13.9. The monoisotopic (exact) mass is 279 g/mol. The van der Waals surface area contributed by atoms with Crippen molar-refractivity contribution in [3.8, 4) is 0 Å². The number of benzene rings is 1. The van der Waals surface area contributed by atoms with E-state index in [1.807, 2.05) is 35.2 Å². The largest absolute Gasteiger partial charge is 0.324 e. The highest BCUT2D eigenvalue weighted by molar-refractivity contribution is 6.28. The highest BCUT2D eigenvalue weighted by atomic mass is 35.5. The molecule has 0 bridgehead atoms. The zero-order valence-electron chi connectivity index (χ0n) is 10.7. The van der Waals surface area contributed by atoms with E-state index in [9.17, 15) is 4.39 Å². The predicted octanol–water partition coefficient (Wildman–Crippen LogP) is 4.21. The maximum absolute atomic E-state index is 13.9. The van der Waals surface area contributed by atoms with Crippen molar-refractivity contribution in [3.05, 3.63) is 47.6 Å². The average Bonchev–Trinajstić information content (AvgIpc) is 2.44. The van der Waals surface area contributed by atoms with Crippen LogP contribution in [-0.2, 0) is 0 Å². The molecule has 1 heterocycles. The second-order valence-electron chi connectivity index (χ2n) is 4.15. The summed E-state index contributed by atoms with van der Waals surface area (Å²) in [5.41, 5.74) is 0.893. The molecule has 0 radical (unpaired) electrons. The van der Waals surface area contributed by atoms with Crippen LogP contribution in [0.3, 0.4) is 0 Å². The van der Waals surface area contributed by atoms with Crippen LogP contribution >= 0.6 is 11.6 Å². The molecule has 0 aliphatic carbocycles. The van der Waals surface area contributed by atoms with Gasteiger partial charge in [-0.3, -0.25) is 0 Å². The Morgan fingerprint density at radius 2 is 2.00 bits per heavy atom. The SMILES string of the molecule is CCCCN(c1ccccc1)c1nc(Cl)ncc1F. The first-order chi connectivity index (χ1) is 9.22. The van der Waals surface area contributed by atoms with Crippen molar-refractivity contribution >= 4 is 23.1 Å². The summed E-state index contributed by atoms with van der Waals surface area (Å²) in [6, 6.07) is 9.59. The molecule has 2 rings (SSSR count). The van der Waals surface area contributed by atoms with E-state index in [4.69, 9.17) is 11.6 Å². The van der Waals surface area contributed by atoms with E-state index >= 15 is 0 Å². The Kier molecular flexibility index (Phi) is 4.68. The van der Waals surface area contributed by atoms with E-state index in [2.05, 4.69) is 16.9 Å². The number of unbranched alkanes of at least 4 members (excludes halogenated alkanes) is 1. The maximum Gasteiger partial charge on any atom is 0.224 e. The average molecular weight is 280 g/mol. The highest BCUT2D eigenvalue weighted by Crippen LogP contribution is 2.26. The first-order valence-corrected chi connectivity index (χ1v) is 6.60. The lowest BCUT2D eigenvalue weighted by Crippen LogP contribution is -2.21. The first kappa shape index (κ1) is 13.7. The molecule has 0 fully saturated rings. The van der Waals surface area contributed by atoms with Crippen LogP contribution in [0.25, 0.3) is 0 Å². The molecule has 0 N–H and O–H groups in total. The van der Waals surface area contributed by atoms with Crippen LogP contribution in [0.4, 0.5) is 15.9 Å². The van der Waals surface area contributed by atoms with Crippen molar-refractivity contribution in [1.29, 1.82) is 0 Å². The van der Waals surface area contributed by atoms with Crippen molar-refractivity contribution in [1.82, 2.24) is 9.97 Å². The zero-order valence-corrected chi connectivity index (χ0v) is 11.4. The fourth-order valence-electron chi connectivity index (χ4n) is 1.81. The van der Waals surface area contributed by atoms with Gasteiger partial charge in [-0.05, 0) is 30.2 Å². The Hall–Kier alpha value is -1.68. The first-order valence-electron chi connectivity index (χ1n) is 6.23. The summed E-state index contributed by atoms with van der Waals surface area (Å²) in [7, 11) is 0. The lowest BCUT2D eigenvalue weighted by atomic mass is 10.2. The van der Waals surface area contributed by atoms with E-state index < -0.39 is 5.82 Å². The van der Waals surface area contributed by atoms with Crippen LogP contribution in [0.5, 0.6) is 0 Å². The van der Waals surface area contributed by atoms with E-state index in [1.165, 1.54) is 0 Å². The molecule has 0 atom stereocenters. The molecule has 100 valence electrons. The highest BCUT2D eigenvalue weighted by Gasteiger charge is 2.15. The van der Waals surface area contributed by atoms with Gasteiger partial charge in [-0.2, -0.15) is 4.98 Å². The van der Waals surface area contributed by atoms with Gasteiger partial charge >= 0.3 is 0 Å². The molecule has 3 nitrogen and oxygen atoms in total. The number of hydrogen-bond acceptors (Lipinski definition) is 3. The summed E-state index contributed by atoms with van der Waals surface area (Å²) in [5, 5.41) is 0.0498. The van der Waals surface area contributed by atoms with Gasteiger partial charge < -0.3 is 4.90 Å². The number of halogens is 2. The van der Waals surface area contributed by atoms with Gasteiger partial charge in [-0.25, -0.2) is 9.37 Å². The summed E-state index contributed by atoms with van der Waals surface area (Å²) in [6.07, 6.45) is 3.06. The molecule has 19 heavy (non-hydrogen) atoms. The second kappa shape index (κ2) is 6.48. The predicted molar refractivity (Wildman–Crippen MR) is 75.4 cm³/mol. The normalized spacial score (nSPS) is 10.5. The van der Waals surface area contributed by atoms with Crippen molar-refractivity contribution in [2.24, 2.45) is 0 Å². The van der Waals surface area contributed by atoms with Gasteiger partial charge in [0.1, 0.15) is 0 Å². The third-order valence-corrected chi connectivity index (χ3v) is 2.94. The molecular weight excluding hydrogens is 265 g/mol. The number of nitrogens with zero attached hydrogens (tertiary/aromatic N) is 3. The van der Waals surface area contributed by atoms with Gasteiger partial charge in [0.2, 0.25) is 5.28 Å². The fourth-order valence-corrected chi connectivity index (χ4v) is 1.94. The molecule has 0 unspecified atom stereocenters. The molecule has 0 amide bonds. The van der Waals surface area contributed by atoms with Gasteiger partial charge in [-0.1, -0.05) is 31.5 Å². The Bertz CT molecular complexity index is 533. The second-order valence-corrected chi connectivity index (χ2v) is 4.49. The summed E-state index contributed by atoms with van der Waals surface area (Å²) >= 11 is 5.77. The Morgan fingerprint density at radius 1 is 1.26 bits per heavy atom. The zero-order chi connectivity index (χ0) is 13.7. The quantitative estimate of drug-likeness (QED) is 0.768. The standard InChI is InChI=1S/C14H15ClFN3/c1-2-3-9-19(11-7-5-4-6-8-11)13-12(16)10-17-14(15)18-13/h4-8,10H,2-3,9H2,1H3. The molecule has 0 aliphatic heterocycles. The number of anilines is 2. The molecule has 5 heteroatoms. The van der Waals surface area contributed by atoms with Crippen LogP contribution in [0.1, 0.15) is 19.8 Å². The molecule has 0 spiro atoms. The van der Waals surface area contributed by atoms with Crippen LogP contribution < -0.4 is 4.90 Å². The van der Waals surface area contributed by atoms with Gasteiger partial charge in [0.25, 0.3) is 0 Å². The summed E-state index contributed by atoms with van der Waals surface area (Å²) in [5.74, 6) is -0.246. The Balaban J connectivity index is 2.40. The topological polar surface area (TPSA) is 29.0 Å². The fraction of sp³-hybridized carbons (Fsp3) is 0.286. The number of para-hydroxylation sites is 1. The number of rotatable bonds is 5. The van der Waals surface area contributed by atoms with Crippen LogP contribution in [0.2, 0.25) is 5.28 Å². The minimum Gasteiger partial charge on any atom is -0.324 e. The van der Waals surface area contributed by atoms with Crippen LogP contribution in [-0.4, -0.2) is 16.5 Å². The molecular formula is C14H15ClFN3. The minimum atomic E-state index is -0.468. The number of hydrogen-bond donors (Lipinski definition) is 0. The van der Waals surface area contributed by atoms with Gasteiger partial charge in [0.05, 0.1) is 6.20 Å². The van der Waals surface area contributed by atoms with Gasteiger partial charge in [0.15, 0.2) is 11.6 Å². The Labute approximate surface area is 117 Å². The lowest BCUT2D eigenvalue weighted by molar-refractivity contribution is 0.608. The molecule has 2 aromatic rings. The summed E-state index contributed by atoms with van der Waals surface area (Å²) < 4.78 is 13.9. The summed E-state index contributed by atoms with van der Waals surface area (Å²) in [6.45, 7) is 2.78. The lowest BCUT2D eigenvalue weighted by Gasteiger charge is -2.24. The van der Waals surface area contributed by atoms with Crippen molar-refractivity contribution in [3.63, 3.8) is 0 Å². The van der Waals surface area contributed by atoms with E-state index in [-0.39, 0.29) is 11.1 Å². The van der Waals surface area contributed by atoms with Crippen molar-refractivity contribution in [2.75, 3.05) is 11.4 Å². The molecule has 0 aliphatic rings. The van der Waals surface area contributed by atoms with Crippen molar-refractivity contribution in [2.45, 2.75) is 19.8 Å². The van der Waals surface area contributed by atoms with E-state index in [0.717, 1.165) is 24.7 Å². The van der Waals surface area contributed by atoms with Gasteiger partial charge in [-0.15, -0.1) is 0 Å². The Morgan fingerprint density at radius 3 is 2.68 bits per heavy atom. The smallest absolute Gasteiger partial charge is 0.224 e. The summed E-state index contributed by atoms with van der Waals surface area (Å²) in [4.78, 5) is 9.48. The molecule has 0 saturated carbocycles. The van der Waals surface area contributed by atoms with E-state index in [1.54, 1.807) is 0 Å². The van der Waals surface area contributed by atoms with Gasteiger partial charge in [0, 0.05) is 12.2 Å². The van der Waals surface area contributed by atoms with Crippen molar-refractivity contribution < 1.29 is 4.39 Å². The molecule has 1 aromatic heterocycles. The van der Waals surface area contributed by atoms with Crippen LogP contribution in [0.15, 0.2) is 36.5 Å². The molecule has 0 saturated heterocycles. The minimum absolute atomic E-state index is 0.0498. The molecule has 1 aromatic carbocycles. The third-order valence-electron chi connectivity index (χ3n) is 2.76.